The molecule has 0 heterocycles. The molecule has 0 spiro atoms. The first-order valence-electron chi connectivity index (χ1n) is 9.17. The molecule has 0 radical (unpaired) electrons. The van der Waals surface area contributed by atoms with Crippen LogP contribution in [0, 0.1) is 6.92 Å². The fourth-order valence-electron chi connectivity index (χ4n) is 2.32. The Labute approximate surface area is 174 Å². The van der Waals surface area contributed by atoms with E-state index in [1.807, 2.05) is 25.1 Å². The number of hydrazone groups is 1. The lowest BCUT2D eigenvalue weighted by Crippen LogP contribution is -2.39. The topological polar surface area (TPSA) is 118 Å². The van der Waals surface area contributed by atoms with Crippen LogP contribution in [0.1, 0.15) is 11.1 Å². The van der Waals surface area contributed by atoms with E-state index >= 15 is 0 Å². The van der Waals surface area contributed by atoms with Crippen LogP contribution in [0.4, 0.5) is 5.69 Å². The molecule has 2 aromatic carbocycles. The summed E-state index contributed by atoms with van der Waals surface area (Å²) in [6.45, 7) is 2.31. The van der Waals surface area contributed by atoms with E-state index in [0.29, 0.717) is 23.6 Å². The van der Waals surface area contributed by atoms with E-state index in [-0.39, 0.29) is 19.1 Å². The number of amides is 3. The van der Waals surface area contributed by atoms with Crippen LogP contribution in [0.2, 0.25) is 0 Å². The molecule has 158 valence electrons. The number of carbonyl (C=O) groups is 3. The van der Waals surface area contributed by atoms with E-state index in [1.54, 1.807) is 30.3 Å². The third-order valence-electron chi connectivity index (χ3n) is 3.71. The fourth-order valence-corrected chi connectivity index (χ4v) is 2.32. The fraction of sp³-hybridized carbons (Fsp3) is 0.238. The van der Waals surface area contributed by atoms with Crippen LogP contribution in [-0.4, -0.2) is 50.8 Å². The highest BCUT2D eigenvalue weighted by molar-refractivity contribution is 6.35. The highest BCUT2D eigenvalue weighted by Crippen LogP contribution is 2.13. The first-order valence-corrected chi connectivity index (χ1v) is 9.17. The molecule has 2 rings (SSSR count). The van der Waals surface area contributed by atoms with E-state index in [0.717, 1.165) is 5.56 Å². The minimum absolute atomic E-state index is 0.160. The second-order valence-electron chi connectivity index (χ2n) is 6.23. The molecule has 9 heteroatoms. The number of methoxy groups -OCH3 is 1. The van der Waals surface area contributed by atoms with Crippen molar-refractivity contribution in [2.45, 2.75) is 6.92 Å². The average molecular weight is 412 g/mol. The lowest BCUT2D eigenvalue weighted by atomic mass is 10.2. The van der Waals surface area contributed by atoms with Gasteiger partial charge in [-0.25, -0.2) is 5.43 Å². The molecule has 30 heavy (non-hydrogen) atoms. The van der Waals surface area contributed by atoms with Gasteiger partial charge in [-0.2, -0.15) is 5.10 Å². The monoisotopic (exact) mass is 412 g/mol. The molecule has 0 aliphatic carbocycles. The van der Waals surface area contributed by atoms with Crippen LogP contribution in [0.15, 0.2) is 53.6 Å². The lowest BCUT2D eigenvalue weighted by molar-refractivity contribution is -0.139. The first-order chi connectivity index (χ1) is 14.5. The molecule has 2 aromatic rings. The maximum atomic E-state index is 12.0. The third-order valence-corrected chi connectivity index (χ3v) is 3.71. The van der Waals surface area contributed by atoms with Gasteiger partial charge in [0, 0.05) is 19.3 Å². The van der Waals surface area contributed by atoms with Crippen LogP contribution >= 0.6 is 0 Å². The van der Waals surface area contributed by atoms with Crippen molar-refractivity contribution in [3.05, 3.63) is 59.7 Å². The molecule has 0 bridgehead atoms. The Morgan fingerprint density at radius 3 is 2.63 bits per heavy atom. The smallest absolute Gasteiger partial charge is 0.329 e. The van der Waals surface area contributed by atoms with E-state index < -0.39 is 11.8 Å². The highest BCUT2D eigenvalue weighted by atomic mass is 16.5. The standard InChI is InChI=1S/C21H24N4O5/c1-15-5-3-7-17(11-15)24-19(26)14-30-18-8-4-6-16(12-18)13-23-25-21(28)20(27)22-9-10-29-2/h3-8,11-13H,9-10,14H2,1-2H3,(H,22,27)(H,24,26)(H,25,28)/b23-13-. The number of ether oxygens (including phenoxy) is 2. The number of carbonyl (C=O) groups excluding carboxylic acids is 3. The summed E-state index contributed by atoms with van der Waals surface area (Å²) >= 11 is 0. The quantitative estimate of drug-likeness (QED) is 0.248. The van der Waals surface area contributed by atoms with Gasteiger partial charge < -0.3 is 20.1 Å². The van der Waals surface area contributed by atoms with E-state index in [1.165, 1.54) is 13.3 Å². The predicted molar refractivity (Wildman–Crippen MR) is 112 cm³/mol. The number of anilines is 1. The van der Waals surface area contributed by atoms with E-state index in [4.69, 9.17) is 9.47 Å². The molecule has 3 N–H and O–H groups in total. The second-order valence-corrected chi connectivity index (χ2v) is 6.23. The van der Waals surface area contributed by atoms with Gasteiger partial charge in [-0.3, -0.25) is 14.4 Å². The van der Waals surface area contributed by atoms with Crippen molar-refractivity contribution in [1.29, 1.82) is 0 Å². The Bertz CT molecular complexity index is 914. The molecule has 0 saturated heterocycles. The van der Waals surface area contributed by atoms with Gasteiger partial charge in [-0.05, 0) is 42.3 Å². The first kappa shape index (κ1) is 22.6. The minimum atomic E-state index is -0.887. The molecule has 0 aliphatic rings. The van der Waals surface area contributed by atoms with Gasteiger partial charge in [-0.15, -0.1) is 0 Å². The Balaban J connectivity index is 1.81. The van der Waals surface area contributed by atoms with Gasteiger partial charge in [0.2, 0.25) is 0 Å². The minimum Gasteiger partial charge on any atom is -0.484 e. The zero-order valence-electron chi connectivity index (χ0n) is 16.8. The normalized spacial score (nSPS) is 10.5. The van der Waals surface area contributed by atoms with Crippen LogP contribution in [0.25, 0.3) is 0 Å². The maximum Gasteiger partial charge on any atom is 0.329 e. The second kappa shape index (κ2) is 12.0. The van der Waals surface area contributed by atoms with Crippen molar-refractivity contribution < 1.29 is 23.9 Å². The third kappa shape index (κ3) is 8.11. The van der Waals surface area contributed by atoms with Crippen molar-refractivity contribution in [3.8, 4) is 5.75 Å². The van der Waals surface area contributed by atoms with Crippen LogP contribution in [0.5, 0.6) is 5.75 Å². The maximum absolute atomic E-state index is 12.0. The highest BCUT2D eigenvalue weighted by Gasteiger charge is 2.11. The van der Waals surface area contributed by atoms with Gasteiger partial charge in [0.1, 0.15) is 5.75 Å². The zero-order valence-corrected chi connectivity index (χ0v) is 16.8. The van der Waals surface area contributed by atoms with Gasteiger partial charge in [0.05, 0.1) is 12.8 Å². The molecule has 0 fully saturated rings. The summed E-state index contributed by atoms with van der Waals surface area (Å²) in [6.07, 6.45) is 1.36. The number of benzene rings is 2. The van der Waals surface area contributed by atoms with Gasteiger partial charge in [-0.1, -0.05) is 24.3 Å². The summed E-state index contributed by atoms with van der Waals surface area (Å²) in [5.74, 6) is -1.52. The summed E-state index contributed by atoms with van der Waals surface area (Å²) < 4.78 is 10.3. The number of hydrogen-bond donors (Lipinski definition) is 3. The summed E-state index contributed by atoms with van der Waals surface area (Å²) in [5.41, 5.74) is 4.49. The van der Waals surface area contributed by atoms with Crippen LogP contribution in [0.3, 0.4) is 0 Å². The van der Waals surface area contributed by atoms with Crippen LogP contribution in [-0.2, 0) is 19.1 Å². The number of nitrogens with zero attached hydrogens (tertiary/aromatic N) is 1. The zero-order chi connectivity index (χ0) is 21.8. The summed E-state index contributed by atoms with van der Waals surface area (Å²) in [4.78, 5) is 35.1. The predicted octanol–water partition coefficient (Wildman–Crippen LogP) is 1.23. The average Bonchev–Trinajstić information content (AvgIpc) is 2.72. The van der Waals surface area contributed by atoms with E-state index in [9.17, 15) is 14.4 Å². The Kier molecular flexibility index (Phi) is 9.01. The number of nitrogens with one attached hydrogen (secondary N) is 3. The number of rotatable bonds is 9. The van der Waals surface area contributed by atoms with Crippen LogP contribution < -0.4 is 20.8 Å². The molecule has 0 atom stereocenters. The molecule has 0 aliphatic heterocycles. The Morgan fingerprint density at radius 2 is 1.87 bits per heavy atom. The molecular weight excluding hydrogens is 388 g/mol. The molecule has 0 aromatic heterocycles. The molecule has 0 unspecified atom stereocenters. The summed E-state index contributed by atoms with van der Waals surface area (Å²) in [7, 11) is 1.49. The van der Waals surface area contributed by atoms with Crippen molar-refractivity contribution in [2.75, 3.05) is 32.2 Å². The molecule has 3 amide bonds. The summed E-state index contributed by atoms with van der Waals surface area (Å²) in [5, 5.41) is 8.88. The molecule has 9 nitrogen and oxygen atoms in total. The largest absolute Gasteiger partial charge is 0.484 e. The van der Waals surface area contributed by atoms with Gasteiger partial charge >= 0.3 is 11.8 Å². The summed E-state index contributed by atoms with van der Waals surface area (Å²) in [6, 6.07) is 14.2. The van der Waals surface area contributed by atoms with Crippen molar-refractivity contribution in [2.24, 2.45) is 5.10 Å². The Hall–Kier alpha value is -3.72. The van der Waals surface area contributed by atoms with Gasteiger partial charge in [0.25, 0.3) is 5.91 Å². The Morgan fingerprint density at radius 1 is 1.07 bits per heavy atom. The van der Waals surface area contributed by atoms with E-state index in [2.05, 4.69) is 21.2 Å². The van der Waals surface area contributed by atoms with Crippen molar-refractivity contribution in [1.82, 2.24) is 10.7 Å². The lowest BCUT2D eigenvalue weighted by Gasteiger charge is -2.08. The number of hydrogen-bond acceptors (Lipinski definition) is 6. The van der Waals surface area contributed by atoms with Crippen molar-refractivity contribution >= 4 is 29.6 Å². The van der Waals surface area contributed by atoms with Crippen molar-refractivity contribution in [3.63, 3.8) is 0 Å². The SMILES string of the molecule is COCCNC(=O)C(=O)N/N=C\c1cccc(OCC(=O)Nc2cccc(C)c2)c1. The number of aryl methyl sites for hydroxylation is 1. The molecule has 0 saturated carbocycles. The molecular formula is C21H24N4O5. The van der Waals surface area contributed by atoms with Gasteiger partial charge in [0.15, 0.2) is 6.61 Å².